The summed E-state index contributed by atoms with van der Waals surface area (Å²) < 4.78 is 0. The predicted octanol–water partition coefficient (Wildman–Crippen LogP) is 6.15. The molecule has 0 aliphatic rings. The highest BCUT2D eigenvalue weighted by Crippen LogP contribution is 2.32. The number of nitrogens with one attached hydrogen (secondary N) is 2. The fourth-order valence-corrected chi connectivity index (χ4v) is 2.94. The standard InChI is InChI=1S/C20H13Cl3N2O2/c21-15-10-17(23)18(11-16(15)22)25-20(27)13-7-4-8-14(9-13)24-19(26)12-5-2-1-3-6-12/h1-11H,(H,24,26)(H,25,27). The maximum atomic E-state index is 12.5. The normalized spacial score (nSPS) is 10.3. The first-order valence-electron chi connectivity index (χ1n) is 7.86. The molecule has 0 aliphatic carbocycles. The maximum absolute atomic E-state index is 12.5. The summed E-state index contributed by atoms with van der Waals surface area (Å²) in [7, 11) is 0. The van der Waals surface area contributed by atoms with Crippen LogP contribution in [0.5, 0.6) is 0 Å². The van der Waals surface area contributed by atoms with Crippen molar-refractivity contribution in [3.05, 3.63) is 92.9 Å². The molecule has 0 heterocycles. The molecule has 0 saturated carbocycles. The summed E-state index contributed by atoms with van der Waals surface area (Å²) in [5.41, 5.74) is 1.71. The van der Waals surface area contributed by atoms with Crippen molar-refractivity contribution in [2.75, 3.05) is 10.6 Å². The van der Waals surface area contributed by atoms with Gasteiger partial charge in [0.05, 0.1) is 20.8 Å². The van der Waals surface area contributed by atoms with E-state index in [0.29, 0.717) is 27.5 Å². The average Bonchev–Trinajstić information content (AvgIpc) is 2.67. The maximum Gasteiger partial charge on any atom is 0.255 e. The highest BCUT2D eigenvalue weighted by atomic mass is 35.5. The number of halogens is 3. The Kier molecular flexibility index (Phi) is 6.01. The van der Waals surface area contributed by atoms with Crippen LogP contribution in [0.1, 0.15) is 20.7 Å². The minimum Gasteiger partial charge on any atom is -0.322 e. The first-order valence-corrected chi connectivity index (χ1v) is 9.00. The molecule has 3 aromatic carbocycles. The van der Waals surface area contributed by atoms with Crippen LogP contribution < -0.4 is 10.6 Å². The molecule has 0 spiro atoms. The highest BCUT2D eigenvalue weighted by Gasteiger charge is 2.12. The van der Waals surface area contributed by atoms with Crippen LogP contribution in [0.4, 0.5) is 11.4 Å². The molecule has 4 nitrogen and oxygen atoms in total. The van der Waals surface area contributed by atoms with Crippen LogP contribution in [0.3, 0.4) is 0 Å². The van der Waals surface area contributed by atoms with Gasteiger partial charge in [0, 0.05) is 16.8 Å². The van der Waals surface area contributed by atoms with Crippen LogP contribution in [-0.2, 0) is 0 Å². The fraction of sp³-hybridized carbons (Fsp3) is 0. The van der Waals surface area contributed by atoms with Gasteiger partial charge in [0.1, 0.15) is 0 Å². The monoisotopic (exact) mass is 418 g/mol. The molecular weight excluding hydrogens is 407 g/mol. The lowest BCUT2D eigenvalue weighted by Crippen LogP contribution is -2.14. The molecule has 0 saturated heterocycles. The molecule has 136 valence electrons. The molecule has 27 heavy (non-hydrogen) atoms. The molecule has 2 amide bonds. The minimum atomic E-state index is -0.397. The van der Waals surface area contributed by atoms with Gasteiger partial charge in [-0.2, -0.15) is 0 Å². The second-order valence-corrected chi connectivity index (χ2v) is 6.82. The van der Waals surface area contributed by atoms with Gasteiger partial charge in [-0.05, 0) is 42.5 Å². The van der Waals surface area contributed by atoms with Gasteiger partial charge in [0.15, 0.2) is 0 Å². The first-order chi connectivity index (χ1) is 12.9. The number of carbonyl (C=O) groups is 2. The van der Waals surface area contributed by atoms with E-state index in [1.54, 1.807) is 48.5 Å². The average molecular weight is 420 g/mol. The summed E-state index contributed by atoms with van der Waals surface area (Å²) in [6, 6.07) is 18.3. The van der Waals surface area contributed by atoms with Crippen molar-refractivity contribution in [3.8, 4) is 0 Å². The summed E-state index contributed by atoms with van der Waals surface area (Å²) in [5.74, 6) is -0.660. The largest absolute Gasteiger partial charge is 0.322 e. The Morgan fingerprint density at radius 3 is 2.00 bits per heavy atom. The van der Waals surface area contributed by atoms with Crippen molar-refractivity contribution < 1.29 is 9.59 Å². The van der Waals surface area contributed by atoms with E-state index in [1.807, 2.05) is 6.07 Å². The number of carbonyl (C=O) groups excluding carboxylic acids is 2. The second kappa shape index (κ2) is 8.44. The summed E-state index contributed by atoms with van der Waals surface area (Å²) in [4.78, 5) is 24.8. The van der Waals surface area contributed by atoms with Gasteiger partial charge in [-0.25, -0.2) is 0 Å². The molecule has 0 atom stereocenters. The molecule has 0 aromatic heterocycles. The molecular formula is C20H13Cl3N2O2. The molecule has 3 rings (SSSR count). The van der Waals surface area contributed by atoms with E-state index in [9.17, 15) is 9.59 Å². The molecule has 7 heteroatoms. The van der Waals surface area contributed by atoms with Crippen LogP contribution in [-0.4, -0.2) is 11.8 Å². The van der Waals surface area contributed by atoms with Crippen molar-refractivity contribution in [2.24, 2.45) is 0 Å². The second-order valence-electron chi connectivity index (χ2n) is 5.60. The lowest BCUT2D eigenvalue weighted by molar-refractivity contribution is 0.101. The zero-order valence-electron chi connectivity index (χ0n) is 13.8. The summed E-state index contributed by atoms with van der Waals surface area (Å²) >= 11 is 17.9. The molecule has 0 aliphatic heterocycles. The van der Waals surface area contributed by atoms with Crippen LogP contribution in [0, 0.1) is 0 Å². The molecule has 0 fully saturated rings. The van der Waals surface area contributed by atoms with Crippen LogP contribution in [0.2, 0.25) is 15.1 Å². The van der Waals surface area contributed by atoms with Gasteiger partial charge >= 0.3 is 0 Å². The van der Waals surface area contributed by atoms with Crippen molar-refractivity contribution in [1.82, 2.24) is 0 Å². The third kappa shape index (κ3) is 4.80. The van der Waals surface area contributed by atoms with E-state index < -0.39 is 5.91 Å². The minimum absolute atomic E-state index is 0.263. The predicted molar refractivity (Wildman–Crippen MR) is 110 cm³/mol. The Balaban J connectivity index is 1.76. The Morgan fingerprint density at radius 1 is 0.630 bits per heavy atom. The van der Waals surface area contributed by atoms with Gasteiger partial charge in [-0.1, -0.05) is 59.1 Å². The Labute approximate surface area is 171 Å². The van der Waals surface area contributed by atoms with E-state index in [-0.39, 0.29) is 16.0 Å². The van der Waals surface area contributed by atoms with Gasteiger partial charge in [-0.15, -0.1) is 0 Å². The molecule has 0 unspecified atom stereocenters. The summed E-state index contributed by atoms with van der Waals surface area (Å²) in [5, 5.41) is 6.29. The summed E-state index contributed by atoms with van der Waals surface area (Å²) in [6.45, 7) is 0. The van der Waals surface area contributed by atoms with Crippen molar-refractivity contribution in [3.63, 3.8) is 0 Å². The van der Waals surface area contributed by atoms with Crippen LogP contribution >= 0.6 is 34.8 Å². The number of rotatable bonds is 4. The van der Waals surface area contributed by atoms with Crippen LogP contribution in [0.15, 0.2) is 66.7 Å². The number of hydrogen-bond acceptors (Lipinski definition) is 2. The van der Waals surface area contributed by atoms with Gasteiger partial charge in [0.25, 0.3) is 11.8 Å². The Hall–Kier alpha value is -2.53. The SMILES string of the molecule is O=C(Nc1cccc(C(=O)Nc2cc(Cl)c(Cl)cc2Cl)c1)c1ccccc1. The number of anilines is 2. The zero-order chi connectivity index (χ0) is 19.4. The van der Waals surface area contributed by atoms with Crippen molar-refractivity contribution >= 4 is 58.0 Å². The smallest absolute Gasteiger partial charge is 0.255 e. The van der Waals surface area contributed by atoms with E-state index in [1.165, 1.54) is 12.1 Å². The van der Waals surface area contributed by atoms with E-state index in [0.717, 1.165) is 0 Å². The van der Waals surface area contributed by atoms with Gasteiger partial charge < -0.3 is 10.6 Å². The number of hydrogen-bond donors (Lipinski definition) is 2. The van der Waals surface area contributed by atoms with E-state index in [4.69, 9.17) is 34.8 Å². The molecule has 3 aromatic rings. The third-order valence-corrected chi connectivity index (χ3v) is 4.71. The lowest BCUT2D eigenvalue weighted by Gasteiger charge is -2.10. The molecule has 2 N–H and O–H groups in total. The van der Waals surface area contributed by atoms with Crippen LogP contribution in [0.25, 0.3) is 0 Å². The lowest BCUT2D eigenvalue weighted by atomic mass is 10.1. The Morgan fingerprint density at radius 2 is 1.26 bits per heavy atom. The van der Waals surface area contributed by atoms with Gasteiger partial charge in [0.2, 0.25) is 0 Å². The number of amides is 2. The number of benzene rings is 3. The van der Waals surface area contributed by atoms with E-state index >= 15 is 0 Å². The van der Waals surface area contributed by atoms with Gasteiger partial charge in [-0.3, -0.25) is 9.59 Å². The quantitative estimate of drug-likeness (QED) is 0.498. The molecule has 0 bridgehead atoms. The molecule has 0 radical (unpaired) electrons. The van der Waals surface area contributed by atoms with E-state index in [2.05, 4.69) is 10.6 Å². The first kappa shape index (κ1) is 19.2. The third-order valence-electron chi connectivity index (χ3n) is 3.68. The van der Waals surface area contributed by atoms with Crippen molar-refractivity contribution in [1.29, 1.82) is 0 Å². The highest BCUT2D eigenvalue weighted by molar-refractivity contribution is 6.44. The Bertz CT molecular complexity index is 1010. The zero-order valence-corrected chi connectivity index (χ0v) is 16.1. The summed E-state index contributed by atoms with van der Waals surface area (Å²) in [6.07, 6.45) is 0. The topological polar surface area (TPSA) is 58.2 Å². The fourth-order valence-electron chi connectivity index (χ4n) is 2.34. The van der Waals surface area contributed by atoms with Crippen molar-refractivity contribution in [2.45, 2.75) is 0 Å².